The van der Waals surface area contributed by atoms with Crippen LogP contribution in [0.5, 0.6) is 5.75 Å². The summed E-state index contributed by atoms with van der Waals surface area (Å²) in [6.45, 7) is 4.61. The number of benzene rings is 2. The van der Waals surface area contributed by atoms with Gasteiger partial charge in [0.2, 0.25) is 0 Å². The molecular formula is C19H20N2O5. The predicted molar refractivity (Wildman–Crippen MR) is 95.1 cm³/mol. The Hall–Kier alpha value is -2.93. The van der Waals surface area contributed by atoms with E-state index in [1.807, 2.05) is 38.1 Å². The largest absolute Gasteiger partial charge is 0.502 e. The molecule has 1 fully saturated rings. The predicted octanol–water partition coefficient (Wildman–Crippen LogP) is 3.21. The Bertz CT molecular complexity index is 852. The van der Waals surface area contributed by atoms with E-state index >= 15 is 0 Å². The average Bonchev–Trinajstić information content (AvgIpc) is 2.62. The van der Waals surface area contributed by atoms with Crippen molar-refractivity contribution in [2.45, 2.75) is 26.0 Å². The molecule has 1 N–H and O–H groups in total. The van der Waals surface area contributed by atoms with Crippen molar-refractivity contribution in [2.75, 3.05) is 13.2 Å². The molecule has 7 heteroatoms. The van der Waals surface area contributed by atoms with Crippen molar-refractivity contribution in [3.8, 4) is 5.75 Å². The summed E-state index contributed by atoms with van der Waals surface area (Å²) in [5.74, 6) is -0.776. The molecule has 1 saturated heterocycles. The van der Waals surface area contributed by atoms with E-state index in [9.17, 15) is 20.0 Å². The first-order valence-corrected chi connectivity index (χ1v) is 8.34. The lowest BCUT2D eigenvalue weighted by molar-refractivity contribution is -0.385. The normalized spacial score (nSPS) is 20.0. The Morgan fingerprint density at radius 2 is 2.04 bits per heavy atom. The molecule has 0 aromatic heterocycles. The van der Waals surface area contributed by atoms with Gasteiger partial charge in [0, 0.05) is 11.6 Å². The summed E-state index contributed by atoms with van der Waals surface area (Å²) in [7, 11) is 0. The van der Waals surface area contributed by atoms with E-state index in [4.69, 9.17) is 4.74 Å². The van der Waals surface area contributed by atoms with E-state index in [0.717, 1.165) is 17.2 Å². The molecule has 0 bridgehead atoms. The first kappa shape index (κ1) is 17.9. The van der Waals surface area contributed by atoms with Crippen LogP contribution >= 0.6 is 0 Å². The molecule has 0 saturated carbocycles. The molecule has 1 aliphatic rings. The van der Waals surface area contributed by atoms with Crippen LogP contribution in [0.3, 0.4) is 0 Å². The summed E-state index contributed by atoms with van der Waals surface area (Å²) in [6.07, 6.45) is -0.247. The third kappa shape index (κ3) is 3.39. The fraction of sp³-hybridized carbons (Fsp3) is 0.316. The molecule has 2 atom stereocenters. The number of phenols is 1. The van der Waals surface area contributed by atoms with Crippen molar-refractivity contribution in [2.24, 2.45) is 0 Å². The molecule has 136 valence electrons. The number of phenolic OH excluding ortho intramolecular Hbond substituents is 1. The minimum atomic E-state index is -0.703. The Morgan fingerprint density at radius 3 is 2.73 bits per heavy atom. The summed E-state index contributed by atoms with van der Waals surface area (Å²) in [5.41, 5.74) is 1.80. The van der Waals surface area contributed by atoms with E-state index in [-0.39, 0.29) is 23.6 Å². The third-order valence-corrected chi connectivity index (χ3v) is 4.65. The van der Waals surface area contributed by atoms with Crippen LogP contribution in [0.4, 0.5) is 5.69 Å². The molecule has 0 aliphatic carbocycles. The van der Waals surface area contributed by atoms with Crippen molar-refractivity contribution in [3.05, 3.63) is 69.3 Å². The monoisotopic (exact) mass is 356 g/mol. The van der Waals surface area contributed by atoms with Gasteiger partial charge in [-0.15, -0.1) is 0 Å². The van der Waals surface area contributed by atoms with Crippen LogP contribution in [0.2, 0.25) is 0 Å². The van der Waals surface area contributed by atoms with Crippen LogP contribution in [0.15, 0.2) is 42.5 Å². The number of ether oxygens (including phenoxy) is 1. The van der Waals surface area contributed by atoms with Crippen LogP contribution in [0.1, 0.15) is 34.5 Å². The zero-order valence-corrected chi connectivity index (χ0v) is 14.6. The lowest BCUT2D eigenvalue weighted by Crippen LogP contribution is -2.48. The van der Waals surface area contributed by atoms with Crippen molar-refractivity contribution >= 4 is 11.6 Å². The van der Waals surface area contributed by atoms with Crippen LogP contribution in [-0.2, 0) is 4.74 Å². The lowest BCUT2D eigenvalue weighted by Gasteiger charge is -2.38. The van der Waals surface area contributed by atoms with E-state index in [2.05, 4.69) is 0 Å². The minimum absolute atomic E-state index is 0.157. The quantitative estimate of drug-likeness (QED) is 0.673. The van der Waals surface area contributed by atoms with Crippen molar-refractivity contribution in [3.63, 3.8) is 0 Å². The first-order chi connectivity index (χ1) is 12.4. The number of hydrogen-bond acceptors (Lipinski definition) is 5. The van der Waals surface area contributed by atoms with Gasteiger partial charge < -0.3 is 14.7 Å². The van der Waals surface area contributed by atoms with Crippen molar-refractivity contribution in [1.29, 1.82) is 0 Å². The topological polar surface area (TPSA) is 92.9 Å². The van der Waals surface area contributed by atoms with Gasteiger partial charge in [0.1, 0.15) is 6.10 Å². The zero-order valence-electron chi connectivity index (χ0n) is 14.6. The number of aromatic hydroxyl groups is 1. The molecular weight excluding hydrogens is 336 g/mol. The highest BCUT2D eigenvalue weighted by molar-refractivity contribution is 5.95. The maximum atomic E-state index is 12.9. The zero-order chi connectivity index (χ0) is 18.8. The van der Waals surface area contributed by atoms with Crippen molar-refractivity contribution < 1.29 is 19.6 Å². The molecule has 1 aliphatic heterocycles. The maximum Gasteiger partial charge on any atom is 0.311 e. The summed E-state index contributed by atoms with van der Waals surface area (Å²) >= 11 is 0. The SMILES string of the molecule is Cc1ccccc1[C@@H]1CN(C(=O)c2ccc(O)c([N+](=O)[O-])c2)[C@@H](C)CO1. The second kappa shape index (κ2) is 7.13. The van der Waals surface area contributed by atoms with Gasteiger partial charge in [-0.1, -0.05) is 24.3 Å². The van der Waals surface area contributed by atoms with Gasteiger partial charge in [-0.2, -0.15) is 0 Å². The summed E-state index contributed by atoms with van der Waals surface area (Å²) < 4.78 is 5.91. The number of rotatable bonds is 3. The highest BCUT2D eigenvalue weighted by atomic mass is 16.6. The number of carbonyl (C=O) groups excluding carboxylic acids is 1. The van der Waals surface area contributed by atoms with Gasteiger partial charge in [-0.05, 0) is 37.1 Å². The van der Waals surface area contributed by atoms with E-state index in [1.165, 1.54) is 12.1 Å². The van der Waals surface area contributed by atoms with Crippen LogP contribution < -0.4 is 0 Å². The van der Waals surface area contributed by atoms with Crippen molar-refractivity contribution in [1.82, 2.24) is 4.90 Å². The molecule has 2 aromatic carbocycles. The molecule has 0 radical (unpaired) electrons. The first-order valence-electron chi connectivity index (χ1n) is 8.34. The molecule has 26 heavy (non-hydrogen) atoms. The molecule has 0 spiro atoms. The van der Waals surface area contributed by atoms with E-state index in [0.29, 0.717) is 13.2 Å². The maximum absolute atomic E-state index is 12.9. The van der Waals surface area contributed by atoms with Crippen LogP contribution in [0, 0.1) is 17.0 Å². The number of nitro benzene ring substituents is 1. The third-order valence-electron chi connectivity index (χ3n) is 4.65. The number of aryl methyl sites for hydroxylation is 1. The van der Waals surface area contributed by atoms with Crippen LogP contribution in [0.25, 0.3) is 0 Å². The number of morpholine rings is 1. The van der Waals surface area contributed by atoms with Gasteiger partial charge in [0.05, 0.1) is 24.1 Å². The standard InChI is InChI=1S/C19H20N2O5/c1-12-5-3-4-6-15(12)18-10-20(13(2)11-26-18)19(23)14-7-8-17(22)16(9-14)21(24)25/h3-9,13,18,22H,10-11H2,1-2H3/t13-,18-/m0/s1. The number of nitrogens with zero attached hydrogens (tertiary/aromatic N) is 2. The summed E-state index contributed by atoms with van der Waals surface area (Å²) in [6, 6.07) is 11.4. The van der Waals surface area contributed by atoms with E-state index in [1.54, 1.807) is 4.90 Å². The highest BCUT2D eigenvalue weighted by Crippen LogP contribution is 2.30. The van der Waals surface area contributed by atoms with Gasteiger partial charge in [0.15, 0.2) is 5.75 Å². The number of carbonyl (C=O) groups is 1. The Balaban J connectivity index is 1.87. The number of hydrogen-bond donors (Lipinski definition) is 1. The molecule has 0 unspecified atom stereocenters. The van der Waals surface area contributed by atoms with Gasteiger partial charge in [0.25, 0.3) is 5.91 Å². The molecule has 1 amide bonds. The molecule has 2 aromatic rings. The minimum Gasteiger partial charge on any atom is -0.502 e. The molecule has 7 nitrogen and oxygen atoms in total. The fourth-order valence-electron chi connectivity index (χ4n) is 3.14. The van der Waals surface area contributed by atoms with Gasteiger partial charge in [-0.25, -0.2) is 0 Å². The van der Waals surface area contributed by atoms with E-state index < -0.39 is 16.4 Å². The summed E-state index contributed by atoms with van der Waals surface area (Å²) in [4.78, 5) is 24.9. The molecule has 3 rings (SSSR count). The highest BCUT2D eigenvalue weighted by Gasteiger charge is 2.32. The molecule has 1 heterocycles. The second-order valence-corrected chi connectivity index (χ2v) is 6.45. The Labute approximate surface area is 151 Å². The average molecular weight is 356 g/mol. The second-order valence-electron chi connectivity index (χ2n) is 6.45. The Kier molecular flexibility index (Phi) is 4.90. The van der Waals surface area contributed by atoms with Gasteiger partial charge in [-0.3, -0.25) is 14.9 Å². The van der Waals surface area contributed by atoms with Crippen LogP contribution in [-0.4, -0.2) is 40.0 Å². The summed E-state index contributed by atoms with van der Waals surface area (Å²) in [5, 5.41) is 20.6. The number of nitro groups is 1. The lowest BCUT2D eigenvalue weighted by atomic mass is 10.0. The van der Waals surface area contributed by atoms with Gasteiger partial charge >= 0.3 is 5.69 Å². The Morgan fingerprint density at radius 1 is 1.31 bits per heavy atom. The number of amides is 1. The smallest absolute Gasteiger partial charge is 0.311 e. The fourth-order valence-corrected chi connectivity index (χ4v) is 3.14.